The monoisotopic (exact) mass is 143 g/mol. The molecule has 0 unspecified atom stereocenters. The molecule has 1 N–H and O–H groups in total. The van der Waals surface area contributed by atoms with Crippen LogP contribution in [0.4, 0.5) is 0 Å². The van der Waals surface area contributed by atoms with Gasteiger partial charge in [-0.2, -0.15) is 27.2 Å². The van der Waals surface area contributed by atoms with Gasteiger partial charge >= 0.3 is 0 Å². The van der Waals surface area contributed by atoms with Crippen molar-refractivity contribution in [2.45, 2.75) is 12.7 Å². The Labute approximate surface area is 58.2 Å². The quantitative estimate of drug-likeness (QED) is 0.687. The minimum Gasteiger partial charge on any atom is -0.198 e. The Morgan fingerprint density at radius 2 is 2.67 bits per heavy atom. The third kappa shape index (κ3) is 2.05. The zero-order valence-corrected chi connectivity index (χ0v) is 6.11. The predicted molar refractivity (Wildman–Crippen MR) is 38.2 cm³/mol. The van der Waals surface area contributed by atoms with Crippen LogP contribution in [0.5, 0.6) is 0 Å². The number of aromatic nitrogens is 3. The number of thioether (sulfide) groups is 1. The normalized spacial score (nSPS) is 9.89. The maximum Gasteiger partial charge on any atom is 0.0923 e. The van der Waals surface area contributed by atoms with Crippen LogP contribution in [0, 0.1) is 0 Å². The molecule has 9 heavy (non-hydrogen) atoms. The highest BCUT2D eigenvalue weighted by Crippen LogP contribution is 2.06. The molecule has 0 fully saturated rings. The van der Waals surface area contributed by atoms with Crippen LogP contribution in [-0.4, -0.2) is 21.2 Å². The van der Waals surface area contributed by atoms with E-state index in [1.165, 1.54) is 0 Å². The summed E-state index contributed by atoms with van der Waals surface area (Å²) in [5.74, 6) is 2.10. The van der Waals surface area contributed by atoms with Gasteiger partial charge in [0.15, 0.2) is 0 Å². The van der Waals surface area contributed by atoms with Crippen molar-refractivity contribution in [3.8, 4) is 0 Å². The zero-order valence-electron chi connectivity index (χ0n) is 5.29. The van der Waals surface area contributed by atoms with Gasteiger partial charge in [0.2, 0.25) is 0 Å². The summed E-state index contributed by atoms with van der Waals surface area (Å²) in [6, 6.07) is 0. The number of rotatable bonds is 3. The zero-order chi connectivity index (χ0) is 6.53. The van der Waals surface area contributed by atoms with E-state index in [9.17, 15) is 0 Å². The summed E-state index contributed by atoms with van der Waals surface area (Å²) in [7, 11) is 0. The van der Waals surface area contributed by atoms with Gasteiger partial charge in [-0.25, -0.2) is 0 Å². The lowest BCUT2D eigenvalue weighted by molar-refractivity contribution is 0.926. The van der Waals surface area contributed by atoms with E-state index in [4.69, 9.17) is 0 Å². The van der Waals surface area contributed by atoms with E-state index in [-0.39, 0.29) is 0 Å². The summed E-state index contributed by atoms with van der Waals surface area (Å²) in [5.41, 5.74) is 1.03. The minimum absolute atomic E-state index is 0.965. The van der Waals surface area contributed by atoms with E-state index < -0.39 is 0 Å². The summed E-state index contributed by atoms with van der Waals surface area (Å²) < 4.78 is 0. The van der Waals surface area contributed by atoms with Crippen molar-refractivity contribution in [3.63, 3.8) is 0 Å². The SMILES string of the molecule is CCSCc1cn[nH]n1. The van der Waals surface area contributed by atoms with Crippen LogP contribution < -0.4 is 0 Å². The first-order valence-corrected chi connectivity index (χ1v) is 4.01. The number of nitrogens with zero attached hydrogens (tertiary/aromatic N) is 2. The molecule has 0 spiro atoms. The van der Waals surface area contributed by atoms with Crippen molar-refractivity contribution in [1.82, 2.24) is 15.4 Å². The smallest absolute Gasteiger partial charge is 0.0923 e. The van der Waals surface area contributed by atoms with E-state index in [1.54, 1.807) is 6.20 Å². The minimum atomic E-state index is 0.965. The molecule has 0 saturated carbocycles. The van der Waals surface area contributed by atoms with E-state index in [0.717, 1.165) is 17.2 Å². The summed E-state index contributed by atoms with van der Waals surface area (Å²) in [4.78, 5) is 0. The van der Waals surface area contributed by atoms with Crippen LogP contribution in [0.15, 0.2) is 6.20 Å². The Hall–Kier alpha value is -0.510. The van der Waals surface area contributed by atoms with Gasteiger partial charge in [-0.3, -0.25) is 0 Å². The second kappa shape index (κ2) is 3.50. The molecule has 0 bridgehead atoms. The van der Waals surface area contributed by atoms with Crippen molar-refractivity contribution < 1.29 is 0 Å². The third-order valence-corrected chi connectivity index (χ3v) is 1.83. The largest absolute Gasteiger partial charge is 0.198 e. The average molecular weight is 143 g/mol. The molecule has 4 heteroatoms. The lowest BCUT2D eigenvalue weighted by Crippen LogP contribution is -1.79. The van der Waals surface area contributed by atoms with Crippen LogP contribution in [-0.2, 0) is 5.75 Å². The molecule has 1 aromatic rings. The molecule has 0 amide bonds. The molecule has 1 rings (SSSR count). The number of nitrogens with one attached hydrogen (secondary N) is 1. The van der Waals surface area contributed by atoms with Crippen LogP contribution in [0.1, 0.15) is 12.6 Å². The van der Waals surface area contributed by atoms with Crippen molar-refractivity contribution in [2.75, 3.05) is 5.75 Å². The van der Waals surface area contributed by atoms with E-state index >= 15 is 0 Å². The van der Waals surface area contributed by atoms with Crippen molar-refractivity contribution >= 4 is 11.8 Å². The first kappa shape index (κ1) is 6.61. The van der Waals surface area contributed by atoms with Gasteiger partial charge in [-0.15, -0.1) is 0 Å². The molecule has 0 radical (unpaired) electrons. The highest BCUT2D eigenvalue weighted by Gasteiger charge is 1.92. The highest BCUT2D eigenvalue weighted by molar-refractivity contribution is 7.98. The Morgan fingerprint density at radius 1 is 1.78 bits per heavy atom. The fourth-order valence-electron chi connectivity index (χ4n) is 0.502. The lowest BCUT2D eigenvalue weighted by atomic mass is 10.6. The van der Waals surface area contributed by atoms with Crippen molar-refractivity contribution in [2.24, 2.45) is 0 Å². The van der Waals surface area contributed by atoms with E-state index in [0.29, 0.717) is 0 Å². The Kier molecular flexibility index (Phi) is 2.57. The van der Waals surface area contributed by atoms with Gasteiger partial charge in [-0.1, -0.05) is 6.92 Å². The molecule has 1 heterocycles. The van der Waals surface area contributed by atoms with Crippen LogP contribution in [0.25, 0.3) is 0 Å². The van der Waals surface area contributed by atoms with E-state index in [1.807, 2.05) is 11.8 Å². The Bertz CT molecular complexity index is 149. The molecule has 3 nitrogen and oxygen atoms in total. The molecule has 0 aliphatic rings. The number of hydrogen-bond donors (Lipinski definition) is 1. The molecule has 0 aliphatic carbocycles. The topological polar surface area (TPSA) is 41.6 Å². The fraction of sp³-hybridized carbons (Fsp3) is 0.600. The third-order valence-electron chi connectivity index (χ3n) is 0.919. The molecular formula is C5H9N3S. The van der Waals surface area contributed by atoms with Gasteiger partial charge in [0.25, 0.3) is 0 Å². The first-order valence-electron chi connectivity index (χ1n) is 2.86. The molecule has 0 aromatic carbocycles. The van der Waals surface area contributed by atoms with Gasteiger partial charge in [0.05, 0.1) is 11.9 Å². The standard InChI is InChI=1S/C5H9N3S/c1-2-9-4-5-3-6-8-7-5/h3H,2,4H2,1H3,(H,6,7,8). The Balaban J connectivity index is 2.30. The van der Waals surface area contributed by atoms with Crippen LogP contribution >= 0.6 is 11.8 Å². The maximum atomic E-state index is 3.90. The molecule has 0 saturated heterocycles. The molecule has 1 aromatic heterocycles. The lowest BCUT2D eigenvalue weighted by Gasteiger charge is -1.88. The summed E-state index contributed by atoms with van der Waals surface area (Å²) in [5, 5.41) is 10.1. The average Bonchev–Trinajstić information content (AvgIpc) is 2.34. The van der Waals surface area contributed by atoms with Crippen molar-refractivity contribution in [1.29, 1.82) is 0 Å². The second-order valence-electron chi connectivity index (χ2n) is 1.60. The van der Waals surface area contributed by atoms with Gasteiger partial charge in [-0.05, 0) is 5.75 Å². The molecule has 50 valence electrons. The molecule has 0 aliphatic heterocycles. The van der Waals surface area contributed by atoms with Crippen LogP contribution in [0.2, 0.25) is 0 Å². The summed E-state index contributed by atoms with van der Waals surface area (Å²) in [6.07, 6.45) is 1.75. The summed E-state index contributed by atoms with van der Waals surface area (Å²) >= 11 is 1.84. The first-order chi connectivity index (χ1) is 4.43. The number of H-pyrrole nitrogens is 1. The van der Waals surface area contributed by atoms with Crippen LogP contribution in [0.3, 0.4) is 0 Å². The molecular weight excluding hydrogens is 134 g/mol. The maximum absolute atomic E-state index is 3.90. The van der Waals surface area contributed by atoms with Gasteiger partial charge < -0.3 is 0 Å². The van der Waals surface area contributed by atoms with Crippen molar-refractivity contribution in [3.05, 3.63) is 11.9 Å². The molecule has 0 atom stereocenters. The summed E-state index contributed by atoms with van der Waals surface area (Å²) in [6.45, 7) is 2.13. The number of hydrogen-bond acceptors (Lipinski definition) is 3. The van der Waals surface area contributed by atoms with E-state index in [2.05, 4.69) is 22.3 Å². The van der Waals surface area contributed by atoms with Gasteiger partial charge in [0.1, 0.15) is 0 Å². The fourth-order valence-corrected chi connectivity index (χ4v) is 1.05. The Morgan fingerprint density at radius 3 is 3.22 bits per heavy atom. The number of aromatic amines is 1. The van der Waals surface area contributed by atoms with Gasteiger partial charge in [0, 0.05) is 5.75 Å². The predicted octanol–water partition coefficient (Wildman–Crippen LogP) is 1.06. The highest BCUT2D eigenvalue weighted by atomic mass is 32.2. The second-order valence-corrected chi connectivity index (χ2v) is 2.87.